The summed E-state index contributed by atoms with van der Waals surface area (Å²) in [5.74, 6) is -0.0364. The fraction of sp³-hybridized carbons (Fsp3) is 0.889. The molecule has 0 spiro atoms. The van der Waals surface area contributed by atoms with E-state index in [0.29, 0.717) is 13.1 Å². The second-order valence-electron chi connectivity index (χ2n) is 4.25. The van der Waals surface area contributed by atoms with E-state index in [1.54, 1.807) is 6.92 Å². The van der Waals surface area contributed by atoms with Gasteiger partial charge in [0.15, 0.2) is 0 Å². The number of carbonyl (C=O) groups is 1. The summed E-state index contributed by atoms with van der Waals surface area (Å²) in [7, 11) is -3.29. The van der Waals surface area contributed by atoms with Gasteiger partial charge in [0.1, 0.15) is 6.04 Å². The largest absolute Gasteiger partial charge is 0.353 e. The Balaban J connectivity index is 2.82. The number of hydrogen-bond donors (Lipinski definition) is 1. The highest BCUT2D eigenvalue weighted by atomic mass is 32.2. The molecule has 0 radical (unpaired) electrons. The van der Waals surface area contributed by atoms with Crippen LogP contribution < -0.4 is 5.32 Å². The topological polar surface area (TPSA) is 66.5 Å². The van der Waals surface area contributed by atoms with Crippen molar-refractivity contribution >= 4 is 15.9 Å². The lowest BCUT2D eigenvalue weighted by molar-refractivity contribution is -0.126. The highest BCUT2D eigenvalue weighted by molar-refractivity contribution is 7.89. The molecule has 1 fully saturated rings. The third-order valence-electron chi connectivity index (χ3n) is 2.34. The van der Waals surface area contributed by atoms with Crippen molar-refractivity contribution in [3.05, 3.63) is 0 Å². The summed E-state index contributed by atoms with van der Waals surface area (Å²) in [5, 5.41) is 2.64. The van der Waals surface area contributed by atoms with Gasteiger partial charge in [-0.05, 0) is 12.8 Å². The SMILES string of the molecule is CC(C)CS(=O)(=O)N1CCNC(=O)C1C. The lowest BCUT2D eigenvalue weighted by Crippen LogP contribution is -2.56. The molecule has 0 aliphatic carbocycles. The first-order chi connectivity index (χ1) is 6.84. The number of hydrogen-bond acceptors (Lipinski definition) is 3. The molecule has 1 saturated heterocycles. The molecule has 1 aliphatic heterocycles. The summed E-state index contributed by atoms with van der Waals surface area (Å²) in [5.41, 5.74) is 0. The molecule has 1 rings (SSSR count). The fourth-order valence-corrected chi connectivity index (χ4v) is 3.64. The Morgan fingerprint density at radius 2 is 2.13 bits per heavy atom. The first-order valence-electron chi connectivity index (χ1n) is 5.12. The molecular weight excluding hydrogens is 216 g/mol. The minimum atomic E-state index is -3.29. The molecule has 1 atom stereocenters. The molecule has 88 valence electrons. The maximum absolute atomic E-state index is 11.9. The van der Waals surface area contributed by atoms with E-state index in [9.17, 15) is 13.2 Å². The van der Waals surface area contributed by atoms with Crippen LogP contribution >= 0.6 is 0 Å². The maximum atomic E-state index is 11.9. The fourth-order valence-electron chi connectivity index (χ4n) is 1.66. The van der Waals surface area contributed by atoms with Gasteiger partial charge < -0.3 is 5.32 Å². The highest BCUT2D eigenvalue weighted by Crippen LogP contribution is 2.13. The van der Waals surface area contributed by atoms with Gasteiger partial charge in [-0.3, -0.25) is 4.79 Å². The normalized spacial score (nSPS) is 24.3. The van der Waals surface area contributed by atoms with Gasteiger partial charge in [0.2, 0.25) is 15.9 Å². The van der Waals surface area contributed by atoms with Crippen molar-refractivity contribution in [3.8, 4) is 0 Å². The third-order valence-corrected chi connectivity index (χ3v) is 4.65. The summed E-state index contributed by atoms with van der Waals surface area (Å²) in [6.07, 6.45) is 0. The molecule has 1 unspecified atom stereocenters. The van der Waals surface area contributed by atoms with Crippen molar-refractivity contribution in [1.82, 2.24) is 9.62 Å². The summed E-state index contributed by atoms with van der Waals surface area (Å²) in [6, 6.07) is -0.581. The molecule has 0 aromatic rings. The van der Waals surface area contributed by atoms with E-state index < -0.39 is 16.1 Å². The first-order valence-corrected chi connectivity index (χ1v) is 6.72. The van der Waals surface area contributed by atoms with Crippen LogP contribution in [0.25, 0.3) is 0 Å². The van der Waals surface area contributed by atoms with Gasteiger partial charge in [0.05, 0.1) is 5.75 Å². The average Bonchev–Trinajstić information content (AvgIpc) is 2.07. The monoisotopic (exact) mass is 234 g/mol. The second-order valence-corrected chi connectivity index (χ2v) is 6.22. The predicted octanol–water partition coefficient (Wildman–Crippen LogP) is -0.207. The molecule has 1 amide bonds. The van der Waals surface area contributed by atoms with Crippen LogP contribution in [0.5, 0.6) is 0 Å². The molecule has 0 aromatic heterocycles. The molecule has 0 aromatic carbocycles. The molecule has 1 N–H and O–H groups in total. The Morgan fingerprint density at radius 3 is 2.67 bits per heavy atom. The molecule has 15 heavy (non-hydrogen) atoms. The molecule has 0 bridgehead atoms. The van der Waals surface area contributed by atoms with Crippen molar-refractivity contribution < 1.29 is 13.2 Å². The number of carbonyl (C=O) groups excluding carboxylic acids is 1. The molecular formula is C9H18N2O3S. The molecule has 1 heterocycles. The van der Waals surface area contributed by atoms with Crippen LogP contribution in [0.4, 0.5) is 0 Å². The minimum absolute atomic E-state index is 0.0761. The quantitative estimate of drug-likeness (QED) is 0.735. The lowest BCUT2D eigenvalue weighted by atomic mass is 10.2. The van der Waals surface area contributed by atoms with Crippen LogP contribution in [0, 0.1) is 5.92 Å². The van der Waals surface area contributed by atoms with E-state index in [2.05, 4.69) is 5.32 Å². The van der Waals surface area contributed by atoms with Crippen molar-refractivity contribution in [1.29, 1.82) is 0 Å². The van der Waals surface area contributed by atoms with Crippen LogP contribution in [0.3, 0.4) is 0 Å². The highest BCUT2D eigenvalue weighted by Gasteiger charge is 2.34. The number of nitrogens with one attached hydrogen (secondary N) is 1. The zero-order valence-electron chi connectivity index (χ0n) is 9.36. The van der Waals surface area contributed by atoms with Crippen LogP contribution in [0.2, 0.25) is 0 Å². The number of amides is 1. The van der Waals surface area contributed by atoms with E-state index in [1.165, 1.54) is 4.31 Å². The van der Waals surface area contributed by atoms with E-state index in [4.69, 9.17) is 0 Å². The number of piperazine rings is 1. The van der Waals surface area contributed by atoms with Crippen molar-refractivity contribution in [2.75, 3.05) is 18.8 Å². The zero-order valence-corrected chi connectivity index (χ0v) is 10.2. The van der Waals surface area contributed by atoms with E-state index in [0.717, 1.165) is 0 Å². The molecule has 5 nitrogen and oxygen atoms in total. The Labute approximate surface area is 90.9 Å². The Bertz CT molecular complexity index is 337. The van der Waals surface area contributed by atoms with E-state index in [1.807, 2.05) is 13.8 Å². The molecule has 6 heteroatoms. The van der Waals surface area contributed by atoms with Gasteiger partial charge in [-0.25, -0.2) is 8.42 Å². The Kier molecular flexibility index (Phi) is 3.72. The van der Waals surface area contributed by atoms with Crippen LogP contribution in [0.15, 0.2) is 0 Å². The smallest absolute Gasteiger partial charge is 0.238 e. The van der Waals surface area contributed by atoms with Crippen LogP contribution in [0.1, 0.15) is 20.8 Å². The summed E-state index contributed by atoms with van der Waals surface area (Å²) in [4.78, 5) is 11.3. The van der Waals surface area contributed by atoms with Gasteiger partial charge in [-0.1, -0.05) is 13.8 Å². The number of nitrogens with zero attached hydrogens (tertiary/aromatic N) is 1. The van der Waals surface area contributed by atoms with Gasteiger partial charge >= 0.3 is 0 Å². The average molecular weight is 234 g/mol. The van der Waals surface area contributed by atoms with Crippen molar-refractivity contribution in [3.63, 3.8) is 0 Å². The minimum Gasteiger partial charge on any atom is -0.353 e. The second kappa shape index (κ2) is 4.49. The van der Waals surface area contributed by atoms with Gasteiger partial charge in [0, 0.05) is 13.1 Å². The van der Waals surface area contributed by atoms with Crippen molar-refractivity contribution in [2.45, 2.75) is 26.8 Å². The van der Waals surface area contributed by atoms with E-state index in [-0.39, 0.29) is 17.6 Å². The van der Waals surface area contributed by atoms with Crippen LogP contribution in [-0.4, -0.2) is 43.5 Å². The van der Waals surface area contributed by atoms with Gasteiger partial charge in [0.25, 0.3) is 0 Å². The number of rotatable bonds is 3. The maximum Gasteiger partial charge on any atom is 0.238 e. The molecule has 0 saturated carbocycles. The van der Waals surface area contributed by atoms with Gasteiger partial charge in [-0.2, -0.15) is 4.31 Å². The zero-order chi connectivity index (χ0) is 11.6. The summed E-state index contributed by atoms with van der Waals surface area (Å²) < 4.78 is 25.1. The summed E-state index contributed by atoms with van der Waals surface area (Å²) >= 11 is 0. The Hall–Kier alpha value is -0.620. The first kappa shape index (κ1) is 12.4. The lowest BCUT2D eigenvalue weighted by Gasteiger charge is -2.32. The van der Waals surface area contributed by atoms with Gasteiger partial charge in [-0.15, -0.1) is 0 Å². The van der Waals surface area contributed by atoms with Crippen molar-refractivity contribution in [2.24, 2.45) is 5.92 Å². The predicted molar refractivity (Wildman–Crippen MR) is 57.8 cm³/mol. The Morgan fingerprint density at radius 1 is 1.53 bits per heavy atom. The third kappa shape index (κ3) is 2.92. The van der Waals surface area contributed by atoms with Crippen LogP contribution in [-0.2, 0) is 14.8 Å². The standard InChI is InChI=1S/C9H18N2O3S/c1-7(2)6-15(13,14)11-5-4-10-9(12)8(11)3/h7-8H,4-6H2,1-3H3,(H,10,12). The molecule has 1 aliphatic rings. The number of sulfonamides is 1. The summed E-state index contributed by atoms with van der Waals surface area (Å²) in [6.45, 7) is 6.10. The van der Waals surface area contributed by atoms with E-state index >= 15 is 0 Å².